The predicted molar refractivity (Wildman–Crippen MR) is 188 cm³/mol. The Bertz CT molecular complexity index is 1780. The van der Waals surface area contributed by atoms with Crippen molar-refractivity contribution in [3.8, 4) is 23.8 Å². The number of benzene rings is 2. The Labute approximate surface area is 281 Å². The number of hydrogen-bond acceptors (Lipinski definition) is 10. The van der Waals surface area contributed by atoms with Gasteiger partial charge in [-0.2, -0.15) is 5.10 Å². The van der Waals surface area contributed by atoms with E-state index in [1.54, 1.807) is 41.7 Å². The maximum Gasteiger partial charge on any atom is 0.246 e. The van der Waals surface area contributed by atoms with Crippen LogP contribution in [0.3, 0.4) is 0 Å². The first-order chi connectivity index (χ1) is 23.3. The van der Waals surface area contributed by atoms with Crippen LogP contribution in [0.25, 0.3) is 10.9 Å². The molecule has 1 aromatic heterocycles. The molecule has 0 radical (unpaired) electrons. The molecular formula is C36H41FN8O3. The van der Waals surface area contributed by atoms with Crippen LogP contribution in [0.1, 0.15) is 20.3 Å². The van der Waals surface area contributed by atoms with Crippen LogP contribution in [0.4, 0.5) is 21.6 Å². The van der Waals surface area contributed by atoms with Gasteiger partial charge in [0.2, 0.25) is 5.91 Å². The van der Waals surface area contributed by atoms with Crippen molar-refractivity contribution in [3.63, 3.8) is 0 Å². The van der Waals surface area contributed by atoms with E-state index in [-0.39, 0.29) is 17.6 Å². The summed E-state index contributed by atoms with van der Waals surface area (Å²) in [5.41, 5.74) is 1.83. The largest absolute Gasteiger partial charge is 0.488 e. The number of amides is 1. The second-order valence-corrected chi connectivity index (χ2v) is 11.5. The molecule has 12 heteroatoms. The molecule has 11 nitrogen and oxygen atoms in total. The van der Waals surface area contributed by atoms with E-state index in [4.69, 9.17) is 15.9 Å². The second kappa shape index (κ2) is 15.9. The zero-order valence-electron chi connectivity index (χ0n) is 27.8. The molecule has 1 N–H and O–H groups in total. The molecule has 0 bridgehead atoms. The third-order valence-electron chi connectivity index (χ3n) is 7.78. The molecule has 250 valence electrons. The SMILES string of the molecule is C#CCC.C/C=N\N1C=CC(Oc2ccc(Nc3ncnc4ccc5c(c34)OCC3CN(C(=O)/C=C/CN(C)C)CCN53)c(F)c2)=CC1. The summed E-state index contributed by atoms with van der Waals surface area (Å²) in [5.74, 6) is 4.02. The Morgan fingerprint density at radius 1 is 1.27 bits per heavy atom. The number of likely N-dealkylation sites (N-methyl/N-ethyl adjacent to an activating group) is 1. The lowest BCUT2D eigenvalue weighted by Crippen LogP contribution is -2.58. The van der Waals surface area contributed by atoms with Crippen LogP contribution < -0.4 is 19.7 Å². The molecule has 48 heavy (non-hydrogen) atoms. The number of aromatic nitrogens is 2. The van der Waals surface area contributed by atoms with E-state index in [0.717, 1.165) is 12.1 Å². The van der Waals surface area contributed by atoms with E-state index in [9.17, 15) is 4.79 Å². The number of nitrogens with one attached hydrogen (secondary N) is 1. The standard InChI is InChI=1S/C32H35FN8O3.C4H6/c1-4-36-40-14-11-23(12-15-40)44-24-7-8-26(25(33)18-24)37-32-30-27(34-21-35-32)9-10-28-31(30)43-20-22-19-39(16-17-41(22)28)29(42)6-5-13-38(2)3;1-3-4-2/h4-12,14,18,21-22H,13,15-17,19-20H2,1-3H3,(H,34,35,37);1H,4H2,2H3/b6-5+,36-4-;. The molecule has 3 aliphatic rings. The third-order valence-corrected chi connectivity index (χ3v) is 7.78. The van der Waals surface area contributed by atoms with Crippen molar-refractivity contribution in [1.82, 2.24) is 24.8 Å². The maximum absolute atomic E-state index is 15.3. The fraction of sp³-hybridized carbons (Fsp3) is 0.333. The van der Waals surface area contributed by atoms with Gasteiger partial charge < -0.3 is 29.5 Å². The highest BCUT2D eigenvalue weighted by molar-refractivity contribution is 6.00. The molecule has 1 saturated heterocycles. The average Bonchev–Trinajstić information content (AvgIpc) is 3.09. The van der Waals surface area contributed by atoms with E-state index in [2.05, 4.69) is 31.2 Å². The molecule has 0 saturated carbocycles. The Morgan fingerprint density at radius 3 is 2.81 bits per heavy atom. The number of halogens is 1. The Balaban J connectivity index is 0.00000107. The number of allylic oxidation sites excluding steroid dienone is 1. The summed E-state index contributed by atoms with van der Waals surface area (Å²) in [5, 5.41) is 9.77. The molecule has 0 aliphatic carbocycles. The first-order valence-electron chi connectivity index (χ1n) is 15.9. The van der Waals surface area contributed by atoms with Crippen molar-refractivity contribution < 1.29 is 18.7 Å². The van der Waals surface area contributed by atoms with Crippen LogP contribution in [-0.2, 0) is 4.79 Å². The molecule has 1 unspecified atom stereocenters. The van der Waals surface area contributed by atoms with Gasteiger partial charge in [-0.05, 0) is 57.4 Å². The molecule has 4 heterocycles. The molecule has 3 aliphatic heterocycles. The van der Waals surface area contributed by atoms with Gasteiger partial charge in [-0.1, -0.05) is 13.0 Å². The van der Waals surface area contributed by atoms with Crippen LogP contribution >= 0.6 is 0 Å². The number of hydrogen-bond donors (Lipinski definition) is 1. The van der Waals surface area contributed by atoms with Gasteiger partial charge in [0.1, 0.15) is 36.1 Å². The van der Waals surface area contributed by atoms with Gasteiger partial charge in [-0.25, -0.2) is 14.4 Å². The lowest BCUT2D eigenvalue weighted by Gasteiger charge is -2.45. The van der Waals surface area contributed by atoms with Gasteiger partial charge in [0.15, 0.2) is 5.75 Å². The summed E-state index contributed by atoms with van der Waals surface area (Å²) in [6.45, 7) is 7.31. The maximum atomic E-state index is 15.3. The summed E-state index contributed by atoms with van der Waals surface area (Å²) in [6.07, 6.45) is 17.8. The Hall–Kier alpha value is -5.41. The summed E-state index contributed by atoms with van der Waals surface area (Å²) < 4.78 is 27.5. The van der Waals surface area contributed by atoms with Crippen LogP contribution in [0.2, 0.25) is 0 Å². The highest BCUT2D eigenvalue weighted by Gasteiger charge is 2.35. The van der Waals surface area contributed by atoms with Crippen LogP contribution in [0.15, 0.2) is 78.0 Å². The zero-order chi connectivity index (χ0) is 34.0. The highest BCUT2D eigenvalue weighted by Crippen LogP contribution is 2.43. The lowest BCUT2D eigenvalue weighted by molar-refractivity contribution is -0.127. The molecule has 1 amide bonds. The minimum Gasteiger partial charge on any atom is -0.488 e. The minimum atomic E-state index is -0.488. The number of carbonyl (C=O) groups is 1. The third kappa shape index (κ3) is 8.11. The van der Waals surface area contributed by atoms with Gasteiger partial charge >= 0.3 is 0 Å². The molecule has 2 aromatic carbocycles. The van der Waals surface area contributed by atoms with E-state index < -0.39 is 5.82 Å². The summed E-state index contributed by atoms with van der Waals surface area (Å²) in [6, 6.07) is 8.58. The number of fused-ring (bicyclic) bond motifs is 5. The molecule has 6 rings (SSSR count). The van der Waals surface area contributed by atoms with Crippen molar-refractivity contribution in [2.24, 2.45) is 5.10 Å². The predicted octanol–water partition coefficient (Wildman–Crippen LogP) is 5.17. The van der Waals surface area contributed by atoms with Gasteiger partial charge in [0, 0.05) is 57.2 Å². The van der Waals surface area contributed by atoms with Crippen molar-refractivity contribution in [2.45, 2.75) is 26.3 Å². The van der Waals surface area contributed by atoms with Crippen LogP contribution in [-0.4, -0.2) is 96.4 Å². The van der Waals surface area contributed by atoms with Crippen molar-refractivity contribution in [3.05, 3.63) is 78.7 Å². The summed E-state index contributed by atoms with van der Waals surface area (Å²) >= 11 is 0. The first-order valence-corrected chi connectivity index (χ1v) is 15.9. The number of carbonyl (C=O) groups excluding carboxylic acids is 1. The minimum absolute atomic E-state index is 0.00872. The Kier molecular flexibility index (Phi) is 11.3. The monoisotopic (exact) mass is 652 g/mol. The highest BCUT2D eigenvalue weighted by atomic mass is 19.1. The quantitative estimate of drug-likeness (QED) is 0.201. The van der Waals surface area contributed by atoms with Gasteiger partial charge in [0.05, 0.1) is 34.9 Å². The van der Waals surface area contributed by atoms with Crippen molar-refractivity contribution in [2.75, 3.05) is 63.6 Å². The fourth-order valence-corrected chi connectivity index (χ4v) is 5.45. The van der Waals surface area contributed by atoms with E-state index >= 15 is 4.39 Å². The average molecular weight is 653 g/mol. The van der Waals surface area contributed by atoms with Crippen molar-refractivity contribution in [1.29, 1.82) is 0 Å². The summed E-state index contributed by atoms with van der Waals surface area (Å²) in [4.78, 5) is 27.8. The molecule has 1 fully saturated rings. The topological polar surface area (TPSA) is 98.7 Å². The Morgan fingerprint density at radius 2 is 2.10 bits per heavy atom. The van der Waals surface area contributed by atoms with Crippen LogP contribution in [0.5, 0.6) is 11.5 Å². The number of rotatable bonds is 8. The number of nitrogens with zero attached hydrogens (tertiary/aromatic N) is 7. The first kappa shape index (κ1) is 33.9. The molecular weight excluding hydrogens is 611 g/mol. The number of anilines is 3. The molecule has 1 atom stereocenters. The normalized spacial score (nSPS) is 17.0. The van der Waals surface area contributed by atoms with E-state index in [0.29, 0.717) is 73.3 Å². The fourth-order valence-electron chi connectivity index (χ4n) is 5.45. The van der Waals surface area contributed by atoms with E-state index in [1.807, 2.05) is 62.0 Å². The number of terminal acetylenes is 1. The molecule has 3 aromatic rings. The summed E-state index contributed by atoms with van der Waals surface area (Å²) in [7, 11) is 3.93. The zero-order valence-corrected chi connectivity index (χ0v) is 27.8. The van der Waals surface area contributed by atoms with Crippen LogP contribution in [0, 0.1) is 18.2 Å². The van der Waals surface area contributed by atoms with Crippen molar-refractivity contribution >= 4 is 40.2 Å². The number of piperazine rings is 1. The van der Waals surface area contributed by atoms with Gasteiger partial charge in [-0.3, -0.25) is 9.80 Å². The lowest BCUT2D eigenvalue weighted by atomic mass is 10.1. The smallest absolute Gasteiger partial charge is 0.246 e. The van der Waals surface area contributed by atoms with E-state index in [1.165, 1.54) is 12.4 Å². The molecule has 0 spiro atoms. The van der Waals surface area contributed by atoms with Gasteiger partial charge in [-0.15, -0.1) is 12.3 Å². The number of ether oxygens (including phenoxy) is 2. The number of hydrazone groups is 1. The second-order valence-electron chi connectivity index (χ2n) is 11.5. The van der Waals surface area contributed by atoms with Gasteiger partial charge in [0.25, 0.3) is 0 Å².